The van der Waals surface area contributed by atoms with Crippen LogP contribution in [0.25, 0.3) is 0 Å². The average molecular weight is 314 g/mol. The summed E-state index contributed by atoms with van der Waals surface area (Å²) in [5.41, 5.74) is 0. The van der Waals surface area contributed by atoms with Gasteiger partial charge in [0.25, 0.3) is 0 Å². The van der Waals surface area contributed by atoms with Gasteiger partial charge in [0.2, 0.25) is 0 Å². The summed E-state index contributed by atoms with van der Waals surface area (Å²) in [6, 6.07) is 0. The van der Waals surface area contributed by atoms with Crippen LogP contribution in [-0.4, -0.2) is 82.5 Å². The smallest absolute Gasteiger partial charge is 0.333 e. The molecule has 0 fully saturated rings. The summed E-state index contributed by atoms with van der Waals surface area (Å²) >= 11 is 0. The zero-order valence-electron chi connectivity index (χ0n) is 12.7. The van der Waals surface area contributed by atoms with Gasteiger partial charge in [-0.3, -0.25) is 4.57 Å². The van der Waals surface area contributed by atoms with E-state index in [-0.39, 0.29) is 30.9 Å². The molecule has 4 N–H and O–H groups in total. The number of hydrogen-bond acceptors (Lipinski definition) is 5. The van der Waals surface area contributed by atoms with Crippen LogP contribution in [0, 0.1) is 0 Å². The molecule has 0 aliphatic rings. The standard InChI is InChI=1S/C12H28NO6P/c1-12(2,3)20(17,18)19-11-7-13(4-8-14,5-9-15)6-10-16/h14-16H,4-11H2,1-3H3/p+1. The quantitative estimate of drug-likeness (QED) is 0.328. The molecule has 0 aliphatic heterocycles. The van der Waals surface area contributed by atoms with Gasteiger partial charge in [0.1, 0.15) is 32.8 Å². The van der Waals surface area contributed by atoms with Gasteiger partial charge in [0.15, 0.2) is 0 Å². The topological polar surface area (TPSA) is 107 Å². The normalized spacial score (nSPS) is 16.1. The summed E-state index contributed by atoms with van der Waals surface area (Å²) < 4.78 is 17.4. The molecule has 1 unspecified atom stereocenters. The van der Waals surface area contributed by atoms with Crippen molar-refractivity contribution in [3.05, 3.63) is 0 Å². The fraction of sp³-hybridized carbons (Fsp3) is 1.00. The van der Waals surface area contributed by atoms with E-state index >= 15 is 0 Å². The van der Waals surface area contributed by atoms with Gasteiger partial charge in [-0.2, -0.15) is 0 Å². The minimum atomic E-state index is -3.72. The minimum absolute atomic E-state index is 0.0328. The summed E-state index contributed by atoms with van der Waals surface area (Å²) in [7, 11) is -3.72. The Morgan fingerprint density at radius 2 is 1.35 bits per heavy atom. The number of aliphatic hydroxyl groups excluding tert-OH is 3. The third-order valence-corrected chi connectivity index (χ3v) is 5.63. The van der Waals surface area contributed by atoms with E-state index in [1.807, 2.05) is 0 Å². The van der Waals surface area contributed by atoms with E-state index in [1.165, 1.54) is 0 Å². The van der Waals surface area contributed by atoms with Gasteiger partial charge in [-0.1, -0.05) is 0 Å². The molecule has 20 heavy (non-hydrogen) atoms. The number of hydrogen-bond donors (Lipinski definition) is 4. The van der Waals surface area contributed by atoms with Crippen molar-refractivity contribution >= 4 is 7.60 Å². The highest BCUT2D eigenvalue weighted by molar-refractivity contribution is 7.54. The molecule has 0 aromatic heterocycles. The molecular formula is C12H29NO6P+. The first-order valence-electron chi connectivity index (χ1n) is 6.79. The molecule has 0 aromatic carbocycles. The largest absolute Gasteiger partial charge is 0.391 e. The molecule has 0 radical (unpaired) electrons. The first-order chi connectivity index (χ1) is 9.14. The lowest BCUT2D eigenvalue weighted by atomic mass is 10.3. The second-order valence-corrected chi connectivity index (χ2v) is 8.57. The molecule has 0 saturated carbocycles. The fourth-order valence-electron chi connectivity index (χ4n) is 1.86. The molecule has 0 spiro atoms. The highest BCUT2D eigenvalue weighted by atomic mass is 31.2. The molecule has 122 valence electrons. The molecule has 8 heteroatoms. The highest BCUT2D eigenvalue weighted by Gasteiger charge is 2.37. The van der Waals surface area contributed by atoms with Crippen molar-refractivity contribution in [2.75, 3.05) is 52.6 Å². The fourth-order valence-corrected chi connectivity index (χ4v) is 2.58. The molecule has 1 atom stereocenters. The summed E-state index contributed by atoms with van der Waals surface area (Å²) in [5, 5.41) is 26.5. The summed E-state index contributed by atoms with van der Waals surface area (Å²) in [4.78, 5) is 9.82. The third kappa shape index (κ3) is 6.18. The predicted molar refractivity (Wildman–Crippen MR) is 76.5 cm³/mol. The molecule has 0 heterocycles. The zero-order chi connectivity index (χ0) is 15.9. The van der Waals surface area contributed by atoms with Crippen molar-refractivity contribution in [2.24, 2.45) is 0 Å². The van der Waals surface area contributed by atoms with E-state index in [2.05, 4.69) is 0 Å². The lowest BCUT2D eigenvalue weighted by Crippen LogP contribution is -2.55. The van der Waals surface area contributed by atoms with Crippen LogP contribution in [-0.2, 0) is 9.09 Å². The first-order valence-corrected chi connectivity index (χ1v) is 8.37. The SMILES string of the molecule is CC(C)(C)P(=O)(O)OCC[N+](CCO)(CCO)CCO. The Labute approximate surface area is 120 Å². The molecule has 0 amide bonds. The Morgan fingerprint density at radius 1 is 0.950 bits per heavy atom. The van der Waals surface area contributed by atoms with Crippen molar-refractivity contribution < 1.29 is 33.8 Å². The molecule has 0 rings (SSSR count). The second-order valence-electron chi connectivity index (χ2n) is 5.93. The maximum absolute atomic E-state index is 12.0. The maximum Gasteiger partial charge on any atom is 0.333 e. The average Bonchev–Trinajstić information content (AvgIpc) is 2.28. The molecule has 0 aromatic rings. The Hall–Kier alpha value is -0.0100. The van der Waals surface area contributed by atoms with E-state index in [4.69, 9.17) is 19.8 Å². The molecule has 0 aliphatic carbocycles. The maximum atomic E-state index is 12.0. The Bertz CT molecular complexity index is 301. The van der Waals surface area contributed by atoms with Gasteiger partial charge >= 0.3 is 7.60 Å². The Morgan fingerprint density at radius 3 is 1.65 bits per heavy atom. The van der Waals surface area contributed by atoms with Gasteiger partial charge in [-0.25, -0.2) is 0 Å². The Kier molecular flexibility index (Phi) is 8.43. The molecule has 0 bridgehead atoms. The van der Waals surface area contributed by atoms with E-state index in [1.54, 1.807) is 20.8 Å². The van der Waals surface area contributed by atoms with Gasteiger partial charge in [-0.15, -0.1) is 0 Å². The van der Waals surface area contributed by atoms with Crippen LogP contribution in [0.15, 0.2) is 0 Å². The van der Waals surface area contributed by atoms with Gasteiger partial charge in [-0.05, 0) is 20.8 Å². The first kappa shape index (κ1) is 20.0. The van der Waals surface area contributed by atoms with Crippen LogP contribution in [0.3, 0.4) is 0 Å². The lowest BCUT2D eigenvalue weighted by Gasteiger charge is -2.37. The lowest BCUT2D eigenvalue weighted by molar-refractivity contribution is -0.929. The number of quaternary nitrogens is 1. The van der Waals surface area contributed by atoms with Crippen molar-refractivity contribution in [3.63, 3.8) is 0 Å². The minimum Gasteiger partial charge on any atom is -0.391 e. The van der Waals surface area contributed by atoms with Crippen molar-refractivity contribution in [3.8, 4) is 0 Å². The molecule has 0 saturated heterocycles. The zero-order valence-corrected chi connectivity index (χ0v) is 13.6. The van der Waals surface area contributed by atoms with Gasteiger partial charge in [0.05, 0.1) is 25.0 Å². The summed E-state index contributed by atoms with van der Waals surface area (Å²) in [5.74, 6) is 0. The van der Waals surface area contributed by atoms with Crippen molar-refractivity contribution in [1.29, 1.82) is 0 Å². The monoisotopic (exact) mass is 314 g/mol. The van der Waals surface area contributed by atoms with Crippen LogP contribution < -0.4 is 0 Å². The number of nitrogens with zero attached hydrogens (tertiary/aromatic N) is 1. The van der Waals surface area contributed by atoms with Crippen LogP contribution in [0.5, 0.6) is 0 Å². The second kappa shape index (κ2) is 8.44. The van der Waals surface area contributed by atoms with Gasteiger partial charge < -0.3 is 29.2 Å². The van der Waals surface area contributed by atoms with Gasteiger partial charge in [0, 0.05) is 0 Å². The summed E-state index contributed by atoms with van der Waals surface area (Å²) in [6.07, 6.45) is 0. The molecule has 7 nitrogen and oxygen atoms in total. The number of rotatable bonds is 10. The highest BCUT2D eigenvalue weighted by Crippen LogP contribution is 2.54. The van der Waals surface area contributed by atoms with Crippen LogP contribution in [0.2, 0.25) is 0 Å². The van der Waals surface area contributed by atoms with Crippen LogP contribution in [0.4, 0.5) is 0 Å². The van der Waals surface area contributed by atoms with E-state index in [0.29, 0.717) is 26.2 Å². The van der Waals surface area contributed by atoms with E-state index in [0.717, 1.165) is 0 Å². The van der Waals surface area contributed by atoms with Crippen molar-refractivity contribution in [1.82, 2.24) is 0 Å². The van der Waals surface area contributed by atoms with Crippen molar-refractivity contribution in [2.45, 2.75) is 25.9 Å². The molecular weight excluding hydrogens is 285 g/mol. The third-order valence-electron chi connectivity index (χ3n) is 3.40. The Balaban J connectivity index is 4.65. The van der Waals surface area contributed by atoms with Crippen LogP contribution in [0.1, 0.15) is 20.8 Å². The van der Waals surface area contributed by atoms with E-state index < -0.39 is 12.8 Å². The van der Waals surface area contributed by atoms with Crippen LogP contribution >= 0.6 is 7.60 Å². The van der Waals surface area contributed by atoms with E-state index in [9.17, 15) is 9.46 Å². The summed E-state index contributed by atoms with van der Waals surface area (Å²) in [6.45, 7) is 6.08. The number of aliphatic hydroxyl groups is 3. The predicted octanol–water partition coefficient (Wildman–Crippen LogP) is -0.219.